The van der Waals surface area contributed by atoms with Gasteiger partial charge in [0.15, 0.2) is 5.96 Å². The van der Waals surface area contributed by atoms with Gasteiger partial charge in [0.05, 0.1) is 6.10 Å². The molecule has 2 fully saturated rings. The van der Waals surface area contributed by atoms with Crippen molar-refractivity contribution in [3.05, 3.63) is 35.9 Å². The zero-order chi connectivity index (χ0) is 21.2. The SMILES string of the molecule is CN=C(NCCCOC(C)c1ccccc1)NC1CCN(C(=O)C2CCCCC2)C1. The van der Waals surface area contributed by atoms with Crippen LogP contribution in [0.1, 0.15) is 63.5 Å². The van der Waals surface area contributed by atoms with E-state index in [0.29, 0.717) is 12.5 Å². The summed E-state index contributed by atoms with van der Waals surface area (Å²) in [5, 5.41) is 6.86. The molecule has 1 aliphatic heterocycles. The van der Waals surface area contributed by atoms with Crippen molar-refractivity contribution in [2.24, 2.45) is 10.9 Å². The van der Waals surface area contributed by atoms with Gasteiger partial charge in [0.25, 0.3) is 0 Å². The number of benzene rings is 1. The lowest BCUT2D eigenvalue weighted by molar-refractivity contribution is -0.135. The van der Waals surface area contributed by atoms with Crippen molar-refractivity contribution < 1.29 is 9.53 Å². The number of amides is 1. The van der Waals surface area contributed by atoms with Crippen molar-refractivity contribution in [2.45, 2.75) is 64.0 Å². The first-order chi connectivity index (χ1) is 14.7. The third-order valence-corrected chi connectivity index (χ3v) is 6.27. The number of hydrogen-bond donors (Lipinski definition) is 2. The number of carbonyl (C=O) groups excluding carboxylic acids is 1. The summed E-state index contributed by atoms with van der Waals surface area (Å²) in [5.41, 5.74) is 1.21. The fourth-order valence-corrected chi connectivity index (χ4v) is 4.43. The number of nitrogens with one attached hydrogen (secondary N) is 2. The molecule has 6 nitrogen and oxygen atoms in total. The summed E-state index contributed by atoms with van der Waals surface area (Å²) in [4.78, 5) is 19.1. The summed E-state index contributed by atoms with van der Waals surface area (Å²) in [6, 6.07) is 10.6. The predicted octanol–water partition coefficient (Wildman–Crippen LogP) is 3.50. The lowest BCUT2D eigenvalue weighted by Crippen LogP contribution is -2.45. The van der Waals surface area contributed by atoms with Gasteiger partial charge in [0, 0.05) is 45.2 Å². The van der Waals surface area contributed by atoms with Gasteiger partial charge < -0.3 is 20.3 Å². The van der Waals surface area contributed by atoms with Crippen molar-refractivity contribution in [1.82, 2.24) is 15.5 Å². The molecule has 30 heavy (non-hydrogen) atoms. The lowest BCUT2D eigenvalue weighted by atomic mass is 9.88. The normalized spacial score (nSPS) is 21.5. The standard InChI is InChI=1S/C24H38N4O2/c1-19(20-10-5-3-6-11-20)30-17-9-15-26-24(25-2)27-22-14-16-28(18-22)23(29)21-12-7-4-8-13-21/h3,5-6,10-11,19,21-22H,4,7-9,12-18H2,1-2H3,(H2,25,26,27). The summed E-state index contributed by atoms with van der Waals surface area (Å²) in [5.74, 6) is 1.43. The average Bonchev–Trinajstić information content (AvgIpc) is 3.27. The Morgan fingerprint density at radius 2 is 1.97 bits per heavy atom. The molecule has 1 saturated carbocycles. The van der Waals surface area contributed by atoms with Crippen LogP contribution in [0.2, 0.25) is 0 Å². The van der Waals surface area contributed by atoms with Crippen molar-refractivity contribution in [3.63, 3.8) is 0 Å². The maximum atomic E-state index is 12.7. The molecular weight excluding hydrogens is 376 g/mol. The van der Waals surface area contributed by atoms with Crippen LogP contribution in [0.5, 0.6) is 0 Å². The second-order valence-electron chi connectivity index (χ2n) is 8.53. The monoisotopic (exact) mass is 414 g/mol. The van der Waals surface area contributed by atoms with Gasteiger partial charge in [-0.3, -0.25) is 9.79 Å². The highest BCUT2D eigenvalue weighted by molar-refractivity contribution is 5.81. The van der Waals surface area contributed by atoms with E-state index >= 15 is 0 Å². The number of guanidine groups is 1. The Morgan fingerprint density at radius 3 is 2.70 bits per heavy atom. The van der Waals surface area contributed by atoms with E-state index in [4.69, 9.17) is 4.74 Å². The van der Waals surface area contributed by atoms with Gasteiger partial charge in [-0.15, -0.1) is 0 Å². The molecule has 0 aromatic heterocycles. The van der Waals surface area contributed by atoms with Crippen LogP contribution in [-0.2, 0) is 9.53 Å². The highest BCUT2D eigenvalue weighted by Crippen LogP contribution is 2.26. The van der Waals surface area contributed by atoms with Crippen LogP contribution in [-0.4, -0.2) is 56.1 Å². The Hall–Kier alpha value is -2.08. The summed E-state index contributed by atoms with van der Waals surface area (Å²) in [7, 11) is 1.79. The molecule has 2 N–H and O–H groups in total. The summed E-state index contributed by atoms with van der Waals surface area (Å²) < 4.78 is 5.93. The largest absolute Gasteiger partial charge is 0.374 e. The Morgan fingerprint density at radius 1 is 1.20 bits per heavy atom. The van der Waals surface area contributed by atoms with Crippen LogP contribution in [0.4, 0.5) is 0 Å². The molecule has 0 spiro atoms. The summed E-state index contributed by atoms with van der Waals surface area (Å²) in [6.45, 7) is 5.23. The van der Waals surface area contributed by atoms with Gasteiger partial charge in [-0.25, -0.2) is 0 Å². The first-order valence-corrected chi connectivity index (χ1v) is 11.6. The average molecular weight is 415 g/mol. The third kappa shape index (κ3) is 6.73. The minimum Gasteiger partial charge on any atom is -0.374 e. The van der Waals surface area contributed by atoms with Gasteiger partial charge in [0.1, 0.15) is 0 Å². The molecule has 1 heterocycles. The Labute approximate surface area is 181 Å². The zero-order valence-corrected chi connectivity index (χ0v) is 18.6. The highest BCUT2D eigenvalue weighted by Gasteiger charge is 2.31. The molecule has 0 radical (unpaired) electrons. The Balaban J connectivity index is 1.31. The molecule has 2 atom stereocenters. The molecule has 166 valence electrons. The number of carbonyl (C=O) groups is 1. The molecule has 1 aromatic carbocycles. The maximum Gasteiger partial charge on any atom is 0.225 e. The molecular formula is C24H38N4O2. The van der Waals surface area contributed by atoms with E-state index in [0.717, 1.165) is 51.3 Å². The summed E-state index contributed by atoms with van der Waals surface area (Å²) in [6.07, 6.45) is 7.84. The van der Waals surface area contributed by atoms with Crippen LogP contribution in [0.25, 0.3) is 0 Å². The number of likely N-dealkylation sites (tertiary alicyclic amines) is 1. The molecule has 1 aromatic rings. The molecule has 2 aliphatic rings. The first kappa shape index (κ1) is 22.6. The Kier molecular flexibility index (Phi) is 9.00. The van der Waals surface area contributed by atoms with E-state index < -0.39 is 0 Å². The molecule has 1 aliphatic carbocycles. The first-order valence-electron chi connectivity index (χ1n) is 11.6. The fourth-order valence-electron chi connectivity index (χ4n) is 4.43. The summed E-state index contributed by atoms with van der Waals surface area (Å²) >= 11 is 0. The number of aliphatic imine (C=N–C) groups is 1. The van der Waals surface area contributed by atoms with E-state index in [9.17, 15) is 4.79 Å². The Bertz CT molecular complexity index is 673. The lowest BCUT2D eigenvalue weighted by Gasteiger charge is -2.26. The van der Waals surface area contributed by atoms with Crippen LogP contribution in [0.15, 0.2) is 35.3 Å². The fraction of sp³-hybridized carbons (Fsp3) is 0.667. The number of nitrogens with zero attached hydrogens (tertiary/aromatic N) is 2. The van der Waals surface area contributed by atoms with Crippen LogP contribution >= 0.6 is 0 Å². The minimum atomic E-state index is 0.106. The number of hydrogen-bond acceptors (Lipinski definition) is 3. The zero-order valence-electron chi connectivity index (χ0n) is 18.6. The molecule has 2 unspecified atom stereocenters. The van der Waals surface area contributed by atoms with E-state index in [1.165, 1.54) is 24.8 Å². The second kappa shape index (κ2) is 11.9. The van der Waals surface area contributed by atoms with Crippen molar-refractivity contribution >= 4 is 11.9 Å². The van der Waals surface area contributed by atoms with Crippen molar-refractivity contribution in [1.29, 1.82) is 0 Å². The van der Waals surface area contributed by atoms with Gasteiger partial charge in [0.2, 0.25) is 5.91 Å². The number of ether oxygens (including phenoxy) is 1. The van der Waals surface area contributed by atoms with E-state index in [2.05, 4.69) is 39.6 Å². The third-order valence-electron chi connectivity index (χ3n) is 6.27. The van der Waals surface area contributed by atoms with E-state index in [1.807, 2.05) is 18.2 Å². The molecule has 3 rings (SSSR count). The van der Waals surface area contributed by atoms with Crippen LogP contribution < -0.4 is 10.6 Å². The van der Waals surface area contributed by atoms with Gasteiger partial charge in [-0.2, -0.15) is 0 Å². The predicted molar refractivity (Wildman–Crippen MR) is 121 cm³/mol. The van der Waals surface area contributed by atoms with E-state index in [-0.39, 0.29) is 18.1 Å². The van der Waals surface area contributed by atoms with Gasteiger partial charge in [-0.1, -0.05) is 49.6 Å². The maximum absolute atomic E-state index is 12.7. The smallest absolute Gasteiger partial charge is 0.225 e. The van der Waals surface area contributed by atoms with Gasteiger partial charge >= 0.3 is 0 Å². The van der Waals surface area contributed by atoms with Crippen LogP contribution in [0, 0.1) is 5.92 Å². The quantitative estimate of drug-likeness (QED) is 0.388. The highest BCUT2D eigenvalue weighted by atomic mass is 16.5. The minimum absolute atomic E-state index is 0.106. The number of rotatable bonds is 8. The second-order valence-corrected chi connectivity index (χ2v) is 8.53. The molecule has 6 heteroatoms. The van der Waals surface area contributed by atoms with Crippen LogP contribution in [0.3, 0.4) is 0 Å². The van der Waals surface area contributed by atoms with E-state index in [1.54, 1.807) is 7.05 Å². The molecule has 0 bridgehead atoms. The molecule has 1 amide bonds. The topological polar surface area (TPSA) is 66.0 Å². The van der Waals surface area contributed by atoms with Crippen molar-refractivity contribution in [3.8, 4) is 0 Å². The van der Waals surface area contributed by atoms with Crippen molar-refractivity contribution in [2.75, 3.05) is 33.3 Å². The van der Waals surface area contributed by atoms with Gasteiger partial charge in [-0.05, 0) is 38.2 Å². The molecule has 1 saturated heterocycles.